The molecule has 0 spiro atoms. The van der Waals surface area contributed by atoms with Gasteiger partial charge in [-0.25, -0.2) is 18.5 Å². The number of amides is 1. The molecule has 0 aromatic carbocycles. The number of rotatable bonds is 5. The fourth-order valence-electron chi connectivity index (χ4n) is 4.24. The summed E-state index contributed by atoms with van der Waals surface area (Å²) in [6, 6.07) is -0.120. The summed E-state index contributed by atoms with van der Waals surface area (Å²) in [5.74, 6) is -1.92. The Morgan fingerprint density at radius 1 is 1.31 bits per heavy atom. The number of aromatic nitrogens is 2. The third-order valence-corrected chi connectivity index (χ3v) is 6.11. The van der Waals surface area contributed by atoms with Crippen molar-refractivity contribution in [3.8, 4) is 0 Å². The van der Waals surface area contributed by atoms with Crippen molar-refractivity contribution in [1.82, 2.24) is 20.4 Å². The Hall–Kier alpha value is -2.58. The van der Waals surface area contributed by atoms with Gasteiger partial charge < -0.3 is 10.6 Å². The second-order valence-electron chi connectivity index (χ2n) is 8.22. The van der Waals surface area contributed by atoms with E-state index in [9.17, 15) is 18.4 Å². The Kier molecular flexibility index (Phi) is 5.00. The van der Waals surface area contributed by atoms with E-state index in [4.69, 9.17) is 4.99 Å². The third kappa shape index (κ3) is 3.82. The molecule has 156 valence electrons. The van der Waals surface area contributed by atoms with Crippen LogP contribution in [0.1, 0.15) is 57.1 Å². The van der Waals surface area contributed by atoms with Crippen LogP contribution in [0.25, 0.3) is 5.70 Å². The number of amidine groups is 1. The largest absolute Gasteiger partial charge is 0.349 e. The van der Waals surface area contributed by atoms with Crippen molar-refractivity contribution in [2.24, 2.45) is 16.8 Å². The second kappa shape index (κ2) is 7.35. The van der Waals surface area contributed by atoms with Gasteiger partial charge in [0.15, 0.2) is 5.82 Å². The molecule has 0 bridgehead atoms. The molecule has 2 heterocycles. The van der Waals surface area contributed by atoms with Crippen LogP contribution in [0, 0.1) is 11.8 Å². The van der Waals surface area contributed by atoms with Crippen molar-refractivity contribution in [2.45, 2.75) is 57.4 Å². The Balaban J connectivity index is 1.54. The number of alkyl halides is 2. The number of ketones is 1. The SMILES string of the molecule is C=C1NC([C@@H]2CC[C@H]2C(=O)NCC(C)=O)=Nc2c1cnn2C1CCC(F)(F)CC1. The molecule has 0 saturated heterocycles. The van der Waals surface area contributed by atoms with Crippen molar-refractivity contribution in [3.05, 3.63) is 18.3 Å². The zero-order chi connectivity index (χ0) is 20.8. The summed E-state index contributed by atoms with van der Waals surface area (Å²) in [5.41, 5.74) is 1.40. The lowest BCUT2D eigenvalue weighted by Gasteiger charge is -2.37. The van der Waals surface area contributed by atoms with Crippen LogP contribution >= 0.6 is 0 Å². The summed E-state index contributed by atoms with van der Waals surface area (Å²) in [4.78, 5) is 28.2. The first kappa shape index (κ1) is 19.7. The minimum absolute atomic E-state index is 0.0257. The standard InChI is InChI=1S/C20H25F2N5O2/c1-11(28)9-23-19(29)15-4-3-14(15)17-25-12(2)16-10-24-27(18(16)26-17)13-5-7-20(21,22)8-6-13/h10,13-15H,2-9H2,1H3,(H,23,29)(H,25,26)/t14-,15-/m1/s1. The van der Waals surface area contributed by atoms with Gasteiger partial charge in [0, 0.05) is 30.4 Å². The molecule has 3 aliphatic rings. The van der Waals surface area contributed by atoms with Gasteiger partial charge in [-0.2, -0.15) is 5.10 Å². The fourth-order valence-corrected chi connectivity index (χ4v) is 4.24. The molecule has 7 nitrogen and oxygen atoms in total. The maximum atomic E-state index is 13.5. The highest BCUT2D eigenvalue weighted by Crippen LogP contribution is 2.43. The van der Waals surface area contributed by atoms with Crippen molar-refractivity contribution >= 4 is 29.0 Å². The van der Waals surface area contributed by atoms with E-state index in [1.54, 1.807) is 10.9 Å². The Bertz CT molecular complexity index is 881. The molecule has 29 heavy (non-hydrogen) atoms. The van der Waals surface area contributed by atoms with Crippen molar-refractivity contribution in [1.29, 1.82) is 0 Å². The molecule has 9 heteroatoms. The predicted molar refractivity (Wildman–Crippen MR) is 104 cm³/mol. The molecule has 2 aliphatic carbocycles. The van der Waals surface area contributed by atoms with Crippen LogP contribution in [-0.4, -0.2) is 39.8 Å². The molecule has 1 aromatic rings. The first-order valence-corrected chi connectivity index (χ1v) is 10.0. The van der Waals surface area contributed by atoms with Gasteiger partial charge in [0.25, 0.3) is 0 Å². The lowest BCUT2D eigenvalue weighted by molar-refractivity contribution is -0.130. The highest BCUT2D eigenvalue weighted by molar-refractivity contribution is 6.01. The molecule has 4 rings (SSSR count). The Labute approximate surface area is 167 Å². The molecule has 1 amide bonds. The van der Waals surface area contributed by atoms with Crippen LogP contribution in [0.4, 0.5) is 14.6 Å². The number of aliphatic imine (C=N–C) groups is 1. The van der Waals surface area contributed by atoms with Crippen LogP contribution < -0.4 is 10.6 Å². The van der Waals surface area contributed by atoms with Crippen molar-refractivity contribution in [3.63, 3.8) is 0 Å². The van der Waals surface area contributed by atoms with Gasteiger partial charge in [0.1, 0.15) is 11.6 Å². The van der Waals surface area contributed by atoms with E-state index >= 15 is 0 Å². The summed E-state index contributed by atoms with van der Waals surface area (Å²) >= 11 is 0. The zero-order valence-electron chi connectivity index (χ0n) is 16.4. The molecule has 2 atom stereocenters. The maximum Gasteiger partial charge on any atom is 0.248 e. The van der Waals surface area contributed by atoms with Crippen LogP contribution in [0.15, 0.2) is 17.8 Å². The number of Topliss-reactive ketones (excluding diaryl/α,β-unsaturated/α-hetero) is 1. The summed E-state index contributed by atoms with van der Waals surface area (Å²) < 4.78 is 28.8. The Morgan fingerprint density at radius 2 is 2.03 bits per heavy atom. The third-order valence-electron chi connectivity index (χ3n) is 6.11. The highest BCUT2D eigenvalue weighted by atomic mass is 19.3. The first-order chi connectivity index (χ1) is 13.7. The van der Waals surface area contributed by atoms with Gasteiger partial charge in [-0.15, -0.1) is 0 Å². The predicted octanol–water partition coefficient (Wildman–Crippen LogP) is 2.97. The molecule has 1 aromatic heterocycles. The zero-order valence-corrected chi connectivity index (χ0v) is 16.4. The summed E-state index contributed by atoms with van der Waals surface area (Å²) in [6.07, 6.45) is 3.60. The molecule has 0 radical (unpaired) electrons. The highest BCUT2D eigenvalue weighted by Gasteiger charge is 2.42. The van der Waals surface area contributed by atoms with Gasteiger partial charge in [-0.3, -0.25) is 9.59 Å². The first-order valence-electron chi connectivity index (χ1n) is 10.0. The average Bonchev–Trinajstić information content (AvgIpc) is 3.03. The minimum Gasteiger partial charge on any atom is -0.349 e. The number of carbonyl (C=O) groups excluding carboxylic acids is 2. The van der Waals surface area contributed by atoms with E-state index in [1.165, 1.54) is 6.92 Å². The smallest absolute Gasteiger partial charge is 0.248 e. The van der Waals surface area contributed by atoms with Gasteiger partial charge in [-0.1, -0.05) is 6.58 Å². The molecular formula is C20H25F2N5O2. The molecule has 2 saturated carbocycles. The number of halogens is 2. The van der Waals surface area contributed by atoms with Crippen LogP contribution in [0.2, 0.25) is 0 Å². The lowest BCUT2D eigenvalue weighted by Crippen LogP contribution is -2.48. The fraction of sp³-hybridized carbons (Fsp3) is 0.600. The van der Waals surface area contributed by atoms with E-state index in [0.29, 0.717) is 30.2 Å². The molecule has 1 aliphatic heterocycles. The number of nitrogens with one attached hydrogen (secondary N) is 2. The summed E-state index contributed by atoms with van der Waals surface area (Å²) in [6.45, 7) is 5.50. The van der Waals surface area contributed by atoms with Gasteiger partial charge in [0.2, 0.25) is 11.8 Å². The minimum atomic E-state index is -2.60. The number of fused-ring (bicyclic) bond motifs is 1. The monoisotopic (exact) mass is 405 g/mol. The lowest BCUT2D eigenvalue weighted by atomic mass is 9.72. The Morgan fingerprint density at radius 3 is 2.66 bits per heavy atom. The van der Waals surface area contributed by atoms with E-state index in [1.807, 2.05) is 0 Å². The number of carbonyl (C=O) groups is 2. The van der Waals surface area contributed by atoms with Crippen LogP contribution in [0.5, 0.6) is 0 Å². The van der Waals surface area contributed by atoms with Gasteiger partial charge >= 0.3 is 0 Å². The van der Waals surface area contributed by atoms with E-state index in [2.05, 4.69) is 22.3 Å². The maximum absolute atomic E-state index is 13.5. The topological polar surface area (TPSA) is 88.4 Å². The second-order valence-corrected chi connectivity index (χ2v) is 8.22. The van der Waals surface area contributed by atoms with Crippen molar-refractivity contribution < 1.29 is 18.4 Å². The number of hydrogen-bond donors (Lipinski definition) is 2. The molecule has 0 unspecified atom stereocenters. The molecule has 2 fully saturated rings. The van der Waals surface area contributed by atoms with Crippen molar-refractivity contribution in [2.75, 3.05) is 6.54 Å². The average molecular weight is 405 g/mol. The normalized spacial score (nSPS) is 26.0. The van der Waals surface area contributed by atoms with E-state index in [-0.39, 0.29) is 49.0 Å². The van der Waals surface area contributed by atoms with E-state index < -0.39 is 5.92 Å². The van der Waals surface area contributed by atoms with Gasteiger partial charge in [-0.05, 0) is 32.6 Å². The molecular weight excluding hydrogens is 380 g/mol. The van der Waals surface area contributed by atoms with E-state index in [0.717, 1.165) is 18.4 Å². The summed E-state index contributed by atoms with van der Waals surface area (Å²) in [5, 5.41) is 10.3. The summed E-state index contributed by atoms with van der Waals surface area (Å²) in [7, 11) is 0. The van der Waals surface area contributed by atoms with Crippen LogP contribution in [-0.2, 0) is 9.59 Å². The number of nitrogens with zero attached hydrogens (tertiary/aromatic N) is 3. The van der Waals surface area contributed by atoms with Gasteiger partial charge in [0.05, 0.1) is 24.3 Å². The number of hydrogen-bond acceptors (Lipinski definition) is 5. The molecule has 2 N–H and O–H groups in total. The van der Waals surface area contributed by atoms with Crippen LogP contribution in [0.3, 0.4) is 0 Å². The quantitative estimate of drug-likeness (QED) is 0.788.